The maximum Gasteiger partial charge on any atom is 0.261 e. The summed E-state index contributed by atoms with van der Waals surface area (Å²) in [4.78, 5) is 25.6. The van der Waals surface area contributed by atoms with Crippen molar-refractivity contribution in [2.45, 2.75) is 12.6 Å². The Labute approximate surface area is 115 Å². The lowest BCUT2D eigenvalue weighted by atomic mass is 10.1. The van der Waals surface area contributed by atoms with Gasteiger partial charge in [0.25, 0.3) is 11.8 Å². The van der Waals surface area contributed by atoms with Crippen LogP contribution in [0.1, 0.15) is 20.7 Å². The second kappa shape index (κ2) is 4.90. The van der Waals surface area contributed by atoms with E-state index in [1.54, 1.807) is 47.4 Å². The van der Waals surface area contributed by atoms with E-state index >= 15 is 0 Å². The summed E-state index contributed by atoms with van der Waals surface area (Å²) < 4.78 is 1.68. The van der Waals surface area contributed by atoms with Gasteiger partial charge in [0.1, 0.15) is 0 Å². The third-order valence-corrected chi connectivity index (χ3v) is 3.28. The minimum absolute atomic E-state index is 0.187. The number of nitrogens with zero attached hydrogens (tertiary/aromatic N) is 3. The van der Waals surface area contributed by atoms with Gasteiger partial charge in [-0.25, -0.2) is 0 Å². The van der Waals surface area contributed by atoms with Crippen LogP contribution in [0.25, 0.3) is 0 Å². The molecule has 0 fully saturated rings. The number of nitrogens with two attached hydrogens (primary N) is 1. The molecule has 6 nitrogen and oxygen atoms in total. The fraction of sp³-hybridized carbons (Fsp3) is 0.214. The minimum Gasteiger partial charge on any atom is -0.325 e. The maximum atomic E-state index is 12.2. The first-order chi connectivity index (χ1) is 9.66. The summed E-state index contributed by atoms with van der Waals surface area (Å²) in [6, 6.07) is 8.27. The zero-order valence-electron chi connectivity index (χ0n) is 10.8. The van der Waals surface area contributed by atoms with Gasteiger partial charge in [-0.2, -0.15) is 5.10 Å². The molecule has 2 heterocycles. The Kier molecular flexibility index (Phi) is 3.08. The van der Waals surface area contributed by atoms with Crippen LogP contribution in [0.15, 0.2) is 42.7 Å². The Morgan fingerprint density at radius 3 is 2.25 bits per heavy atom. The topological polar surface area (TPSA) is 81.2 Å². The van der Waals surface area contributed by atoms with E-state index in [4.69, 9.17) is 5.73 Å². The van der Waals surface area contributed by atoms with Crippen LogP contribution >= 0.6 is 0 Å². The van der Waals surface area contributed by atoms with E-state index in [2.05, 4.69) is 5.10 Å². The molecule has 1 aromatic heterocycles. The highest BCUT2D eigenvalue weighted by atomic mass is 16.2. The number of carbonyl (C=O) groups is 2. The van der Waals surface area contributed by atoms with Crippen molar-refractivity contribution in [2.75, 3.05) is 6.54 Å². The summed E-state index contributed by atoms with van der Waals surface area (Å²) in [5, 5.41) is 4.06. The van der Waals surface area contributed by atoms with E-state index < -0.39 is 0 Å². The molecule has 2 aromatic rings. The third kappa shape index (κ3) is 2.10. The zero-order valence-corrected chi connectivity index (χ0v) is 10.8. The van der Waals surface area contributed by atoms with Crippen LogP contribution < -0.4 is 5.73 Å². The SMILES string of the molecule is NC(CN1C(=O)c2ccccc2C1=O)Cn1cccn1. The van der Waals surface area contributed by atoms with Gasteiger partial charge in [-0.3, -0.25) is 19.2 Å². The highest BCUT2D eigenvalue weighted by Gasteiger charge is 2.35. The number of carbonyl (C=O) groups excluding carboxylic acids is 2. The molecule has 1 aliphatic rings. The number of imide groups is 1. The van der Waals surface area contributed by atoms with Crippen molar-refractivity contribution in [3.8, 4) is 0 Å². The summed E-state index contributed by atoms with van der Waals surface area (Å²) in [5.41, 5.74) is 6.89. The van der Waals surface area contributed by atoms with Gasteiger partial charge < -0.3 is 5.73 Å². The van der Waals surface area contributed by atoms with Crippen molar-refractivity contribution >= 4 is 11.8 Å². The minimum atomic E-state index is -0.350. The molecule has 1 unspecified atom stereocenters. The molecule has 3 rings (SSSR count). The van der Waals surface area contributed by atoms with Crippen LogP contribution in [0.4, 0.5) is 0 Å². The summed E-state index contributed by atoms with van der Waals surface area (Å²) in [6.07, 6.45) is 3.46. The summed E-state index contributed by atoms with van der Waals surface area (Å²) >= 11 is 0. The van der Waals surface area contributed by atoms with Gasteiger partial charge in [-0.1, -0.05) is 12.1 Å². The first-order valence-corrected chi connectivity index (χ1v) is 6.35. The first-order valence-electron chi connectivity index (χ1n) is 6.35. The largest absolute Gasteiger partial charge is 0.325 e. The molecule has 2 amide bonds. The molecule has 102 valence electrons. The predicted molar refractivity (Wildman–Crippen MR) is 72.0 cm³/mol. The third-order valence-electron chi connectivity index (χ3n) is 3.28. The van der Waals surface area contributed by atoms with Gasteiger partial charge in [0.2, 0.25) is 0 Å². The Hall–Kier alpha value is -2.47. The Balaban J connectivity index is 1.73. The van der Waals surface area contributed by atoms with Crippen molar-refractivity contribution in [1.82, 2.24) is 14.7 Å². The molecular formula is C14H14N4O2. The van der Waals surface area contributed by atoms with Gasteiger partial charge in [-0.15, -0.1) is 0 Å². The Morgan fingerprint density at radius 1 is 1.05 bits per heavy atom. The number of rotatable bonds is 4. The molecule has 6 heteroatoms. The molecule has 0 saturated carbocycles. The highest BCUT2D eigenvalue weighted by Crippen LogP contribution is 2.22. The molecular weight excluding hydrogens is 256 g/mol. The molecule has 1 aromatic carbocycles. The van der Waals surface area contributed by atoms with Crippen molar-refractivity contribution in [3.05, 3.63) is 53.9 Å². The molecule has 0 aliphatic carbocycles. The average Bonchev–Trinajstić information content (AvgIpc) is 3.03. The Morgan fingerprint density at radius 2 is 1.70 bits per heavy atom. The van der Waals surface area contributed by atoms with Crippen LogP contribution in [-0.2, 0) is 6.54 Å². The molecule has 1 atom stereocenters. The van der Waals surface area contributed by atoms with Gasteiger partial charge in [0.05, 0.1) is 17.7 Å². The van der Waals surface area contributed by atoms with E-state index in [-0.39, 0.29) is 24.4 Å². The number of hydrogen-bond acceptors (Lipinski definition) is 4. The molecule has 0 saturated heterocycles. The van der Waals surface area contributed by atoms with E-state index in [1.165, 1.54) is 4.90 Å². The molecule has 0 bridgehead atoms. The van der Waals surface area contributed by atoms with Crippen molar-refractivity contribution in [3.63, 3.8) is 0 Å². The number of benzene rings is 1. The normalized spacial score (nSPS) is 15.6. The van der Waals surface area contributed by atoms with Crippen molar-refractivity contribution < 1.29 is 9.59 Å². The lowest BCUT2D eigenvalue weighted by Crippen LogP contribution is -2.43. The van der Waals surface area contributed by atoms with Crippen LogP contribution in [0.2, 0.25) is 0 Å². The fourth-order valence-corrected chi connectivity index (χ4v) is 2.35. The van der Waals surface area contributed by atoms with Crippen LogP contribution in [0.3, 0.4) is 0 Å². The lowest BCUT2D eigenvalue weighted by Gasteiger charge is -2.19. The number of hydrogen-bond donors (Lipinski definition) is 1. The highest BCUT2D eigenvalue weighted by molar-refractivity contribution is 6.21. The summed E-state index contributed by atoms with van der Waals surface area (Å²) in [5.74, 6) is -0.553. The number of aromatic nitrogens is 2. The molecule has 0 spiro atoms. The summed E-state index contributed by atoms with van der Waals surface area (Å²) in [6.45, 7) is 0.645. The van der Waals surface area contributed by atoms with Gasteiger partial charge in [0, 0.05) is 25.0 Å². The predicted octanol–water partition coefficient (Wildman–Crippen LogP) is 0.507. The average molecular weight is 270 g/mol. The molecule has 1 aliphatic heterocycles. The molecule has 20 heavy (non-hydrogen) atoms. The van der Waals surface area contributed by atoms with E-state index in [1.807, 2.05) is 0 Å². The Bertz CT molecular complexity index is 616. The van der Waals surface area contributed by atoms with E-state index in [9.17, 15) is 9.59 Å². The second-order valence-electron chi connectivity index (χ2n) is 4.75. The smallest absolute Gasteiger partial charge is 0.261 e. The lowest BCUT2D eigenvalue weighted by molar-refractivity contribution is 0.0641. The zero-order chi connectivity index (χ0) is 14.1. The maximum absolute atomic E-state index is 12.2. The van der Waals surface area contributed by atoms with Crippen LogP contribution in [0.5, 0.6) is 0 Å². The summed E-state index contributed by atoms with van der Waals surface area (Å²) in [7, 11) is 0. The van der Waals surface area contributed by atoms with Crippen molar-refractivity contribution in [2.24, 2.45) is 5.73 Å². The second-order valence-corrected chi connectivity index (χ2v) is 4.75. The molecule has 0 radical (unpaired) electrons. The monoisotopic (exact) mass is 270 g/mol. The van der Waals surface area contributed by atoms with Crippen LogP contribution in [-0.4, -0.2) is 39.1 Å². The number of amides is 2. The first kappa shape index (κ1) is 12.6. The van der Waals surface area contributed by atoms with E-state index in [0.717, 1.165) is 0 Å². The quantitative estimate of drug-likeness (QED) is 0.821. The van der Waals surface area contributed by atoms with Crippen LogP contribution in [0, 0.1) is 0 Å². The fourth-order valence-electron chi connectivity index (χ4n) is 2.35. The number of fused-ring (bicyclic) bond motifs is 1. The van der Waals surface area contributed by atoms with Gasteiger partial charge in [0.15, 0.2) is 0 Å². The van der Waals surface area contributed by atoms with Crippen molar-refractivity contribution in [1.29, 1.82) is 0 Å². The van der Waals surface area contributed by atoms with Gasteiger partial charge in [-0.05, 0) is 18.2 Å². The standard InChI is InChI=1S/C14H14N4O2/c15-10(8-17-7-3-6-16-17)9-18-13(19)11-4-1-2-5-12(11)14(18)20/h1-7,10H,8-9,15H2. The molecule has 2 N–H and O–H groups in total. The van der Waals surface area contributed by atoms with E-state index in [0.29, 0.717) is 17.7 Å². The van der Waals surface area contributed by atoms with Gasteiger partial charge >= 0.3 is 0 Å².